The molecule has 1 heterocycles. The molecular weight excluding hydrogens is 375 g/mol. The molecule has 2 aromatic rings. The Morgan fingerprint density at radius 1 is 1.07 bits per heavy atom. The summed E-state index contributed by atoms with van der Waals surface area (Å²) in [5.74, 6) is -0.807. The van der Waals surface area contributed by atoms with E-state index in [-0.39, 0.29) is 33.5 Å². The number of ether oxygens (including phenoxy) is 2. The number of carbonyl (C=O) groups is 2. The quantitative estimate of drug-likeness (QED) is 0.510. The molecule has 0 saturated carbocycles. The molecule has 0 fully saturated rings. The van der Waals surface area contributed by atoms with Crippen molar-refractivity contribution in [3.05, 3.63) is 35.7 Å². The minimum absolute atomic E-state index is 0. The molecule has 13 heteroatoms. The molecular formula is C14H17BeN5O6S. The zero-order valence-corrected chi connectivity index (χ0v) is 14.8. The Labute approximate surface area is 158 Å². The molecule has 0 aliphatic heterocycles. The van der Waals surface area contributed by atoms with Crippen LogP contribution < -0.4 is 14.8 Å². The van der Waals surface area contributed by atoms with Gasteiger partial charge in [-0.25, -0.2) is 22.7 Å². The van der Waals surface area contributed by atoms with Gasteiger partial charge in [0.2, 0.25) is 5.95 Å². The second kappa shape index (κ2) is 9.01. The van der Waals surface area contributed by atoms with Crippen molar-refractivity contribution in [2.45, 2.75) is 11.8 Å². The number of benzene rings is 1. The fraction of sp³-hybridized carbons (Fsp3) is 0.214. The third kappa shape index (κ3) is 5.43. The molecule has 1 aromatic heterocycles. The Kier molecular flexibility index (Phi) is 7.32. The number of esters is 1. The van der Waals surface area contributed by atoms with E-state index in [4.69, 9.17) is 4.74 Å². The first-order chi connectivity index (χ1) is 12.3. The van der Waals surface area contributed by atoms with Gasteiger partial charge in [0.05, 0.1) is 19.8 Å². The van der Waals surface area contributed by atoms with Crippen molar-refractivity contribution in [1.82, 2.24) is 19.7 Å². The number of rotatable bonds is 5. The number of aryl methyl sites for hydroxylation is 1. The molecule has 0 atom stereocenters. The summed E-state index contributed by atoms with van der Waals surface area (Å²) in [6, 6.07) is 4.12. The summed E-state index contributed by atoms with van der Waals surface area (Å²) in [6.07, 6.45) is 0. The molecule has 0 unspecified atom stereocenters. The Morgan fingerprint density at radius 2 is 1.74 bits per heavy atom. The van der Waals surface area contributed by atoms with E-state index in [0.29, 0.717) is 0 Å². The van der Waals surface area contributed by atoms with Crippen molar-refractivity contribution < 1.29 is 27.5 Å². The zero-order chi connectivity index (χ0) is 19.3. The van der Waals surface area contributed by atoms with E-state index < -0.39 is 26.9 Å². The maximum atomic E-state index is 12.4. The summed E-state index contributed by atoms with van der Waals surface area (Å²) in [6.45, 7) is 1.54. The molecule has 2 amide bonds. The van der Waals surface area contributed by atoms with E-state index in [9.17, 15) is 18.0 Å². The fourth-order valence-electron chi connectivity index (χ4n) is 1.89. The van der Waals surface area contributed by atoms with Crippen LogP contribution in [0.3, 0.4) is 0 Å². The van der Waals surface area contributed by atoms with Gasteiger partial charge < -0.3 is 9.47 Å². The Balaban J connectivity index is 0.00000364. The topological polar surface area (TPSA) is 149 Å². The summed E-state index contributed by atoms with van der Waals surface area (Å²) in [5.41, 5.74) is -0.215. The van der Waals surface area contributed by atoms with Gasteiger partial charge >= 0.3 is 28.1 Å². The first kappa shape index (κ1) is 21.9. The molecule has 0 aliphatic carbocycles. The third-order valence-electron chi connectivity index (χ3n) is 2.94. The van der Waals surface area contributed by atoms with Crippen molar-refractivity contribution in [3.8, 4) is 6.01 Å². The number of nitrogens with one attached hydrogen (secondary N) is 2. The predicted octanol–water partition coefficient (Wildman–Crippen LogP) is -0.431. The van der Waals surface area contributed by atoms with Gasteiger partial charge in [0.15, 0.2) is 0 Å². The Morgan fingerprint density at radius 3 is 2.37 bits per heavy atom. The number of methoxy groups -OCH3 is 2. The molecule has 2 rings (SSSR count). The minimum atomic E-state index is -4.36. The SMILES string of the molecule is COC(=O)c1ccccc1S(=O)(=O)NC(=O)Nc1nc(C)nc(OC)n1.[BeH2]. The van der Waals surface area contributed by atoms with Crippen LogP contribution in [0.15, 0.2) is 29.2 Å². The summed E-state index contributed by atoms with van der Waals surface area (Å²) in [5, 5.41) is 2.16. The van der Waals surface area contributed by atoms with E-state index in [2.05, 4.69) is 25.0 Å². The molecule has 11 nitrogen and oxygen atoms in total. The molecule has 2 N–H and O–H groups in total. The van der Waals surface area contributed by atoms with Crippen LogP contribution in [-0.2, 0) is 14.8 Å². The first-order valence-corrected chi connectivity index (χ1v) is 8.53. The van der Waals surface area contributed by atoms with Gasteiger partial charge in [-0.05, 0) is 19.1 Å². The monoisotopic (exact) mass is 392 g/mol. The van der Waals surface area contributed by atoms with E-state index >= 15 is 0 Å². The van der Waals surface area contributed by atoms with Crippen LogP contribution in [0.2, 0.25) is 0 Å². The van der Waals surface area contributed by atoms with Crippen LogP contribution in [0.5, 0.6) is 6.01 Å². The number of hydrogen-bond acceptors (Lipinski definition) is 9. The maximum absolute atomic E-state index is 12.4. The van der Waals surface area contributed by atoms with E-state index in [1.807, 2.05) is 0 Å². The van der Waals surface area contributed by atoms with Crippen molar-refractivity contribution >= 4 is 38.1 Å². The predicted molar refractivity (Wildman–Crippen MR) is 96.8 cm³/mol. The average molecular weight is 392 g/mol. The Bertz CT molecular complexity index is 953. The number of anilines is 1. The van der Waals surface area contributed by atoms with E-state index in [1.165, 1.54) is 32.2 Å². The van der Waals surface area contributed by atoms with Crippen LogP contribution >= 0.6 is 0 Å². The van der Waals surface area contributed by atoms with Gasteiger partial charge in [-0.1, -0.05) is 12.1 Å². The van der Waals surface area contributed by atoms with Gasteiger partial charge in [0.1, 0.15) is 10.7 Å². The molecule has 0 saturated heterocycles. The number of nitrogens with zero attached hydrogens (tertiary/aromatic N) is 3. The van der Waals surface area contributed by atoms with Gasteiger partial charge in [-0.2, -0.15) is 15.0 Å². The van der Waals surface area contributed by atoms with Crippen LogP contribution in [-0.4, -0.2) is 59.7 Å². The van der Waals surface area contributed by atoms with Crippen LogP contribution in [0.25, 0.3) is 0 Å². The van der Waals surface area contributed by atoms with E-state index in [0.717, 1.165) is 13.2 Å². The normalized spacial score (nSPS) is 10.3. The summed E-state index contributed by atoms with van der Waals surface area (Å²) in [7, 11) is -1.92. The van der Waals surface area contributed by atoms with Crippen molar-refractivity contribution in [3.63, 3.8) is 0 Å². The summed E-state index contributed by atoms with van der Waals surface area (Å²) < 4.78 is 36.0. The first-order valence-electron chi connectivity index (χ1n) is 7.04. The van der Waals surface area contributed by atoms with Gasteiger partial charge in [0.25, 0.3) is 10.0 Å². The van der Waals surface area contributed by atoms with Crippen LogP contribution in [0.1, 0.15) is 16.2 Å². The molecule has 0 spiro atoms. The van der Waals surface area contributed by atoms with Crippen LogP contribution in [0, 0.1) is 6.92 Å². The molecule has 27 heavy (non-hydrogen) atoms. The van der Waals surface area contributed by atoms with Gasteiger partial charge in [-0.15, -0.1) is 0 Å². The number of urea groups is 1. The molecule has 0 bridgehead atoms. The van der Waals surface area contributed by atoms with Crippen molar-refractivity contribution in [2.75, 3.05) is 19.5 Å². The second-order valence-corrected chi connectivity index (χ2v) is 6.39. The Hall–Kier alpha value is -3.11. The van der Waals surface area contributed by atoms with E-state index in [1.54, 1.807) is 4.72 Å². The zero-order valence-electron chi connectivity index (χ0n) is 14.0. The molecule has 142 valence electrons. The number of hydrogen-bond donors (Lipinski definition) is 2. The number of aromatic nitrogens is 3. The number of sulfonamides is 1. The summed E-state index contributed by atoms with van der Waals surface area (Å²) >= 11 is 0. The summed E-state index contributed by atoms with van der Waals surface area (Å²) in [4.78, 5) is 34.7. The van der Waals surface area contributed by atoms with Crippen molar-refractivity contribution in [2.24, 2.45) is 0 Å². The average Bonchev–Trinajstić information content (AvgIpc) is 2.59. The number of amides is 2. The van der Waals surface area contributed by atoms with Gasteiger partial charge in [0, 0.05) is 0 Å². The molecule has 0 radical (unpaired) electrons. The number of carbonyl (C=O) groups excluding carboxylic acids is 2. The molecule has 0 aliphatic rings. The standard InChI is InChI=1S/C14H15N5O6S.Be.2H/c1-8-15-12(18-14(16-8)25-3)17-13(21)19-26(22,23)10-7-5-4-6-9(10)11(20)24-2;;;/h4-7H,1-3H3,(H2,15,16,17,18,19,21);;;. The molecule has 1 aromatic carbocycles. The van der Waals surface area contributed by atoms with Gasteiger partial charge in [-0.3, -0.25) is 5.32 Å². The fourth-order valence-corrected chi connectivity index (χ4v) is 2.99. The van der Waals surface area contributed by atoms with Crippen LogP contribution in [0.4, 0.5) is 10.7 Å². The van der Waals surface area contributed by atoms with Crippen molar-refractivity contribution in [1.29, 1.82) is 0 Å². The second-order valence-electron chi connectivity index (χ2n) is 4.74. The third-order valence-corrected chi connectivity index (χ3v) is 4.33.